The van der Waals surface area contributed by atoms with Gasteiger partial charge in [-0.15, -0.1) is 0 Å². The van der Waals surface area contributed by atoms with Crippen LogP contribution in [0.5, 0.6) is 0 Å². The number of nitrogens with zero attached hydrogens (tertiary/aromatic N) is 2. The van der Waals surface area contributed by atoms with Crippen LogP contribution < -0.4 is 11.1 Å². The molecule has 0 aliphatic carbocycles. The summed E-state index contributed by atoms with van der Waals surface area (Å²) in [5.41, 5.74) is 6.11. The van der Waals surface area contributed by atoms with Crippen LogP contribution in [0.3, 0.4) is 0 Å². The van der Waals surface area contributed by atoms with Crippen LogP contribution in [0.2, 0.25) is 0 Å². The smallest absolute Gasteiger partial charge is 0.225 e. The van der Waals surface area contributed by atoms with Crippen molar-refractivity contribution in [3.63, 3.8) is 0 Å². The predicted octanol–water partition coefficient (Wildman–Crippen LogP) is 2.37. The summed E-state index contributed by atoms with van der Waals surface area (Å²) >= 11 is 0. The van der Waals surface area contributed by atoms with Gasteiger partial charge in [-0.1, -0.05) is 18.2 Å². The molecule has 2 rings (SSSR count). The van der Waals surface area contributed by atoms with Crippen LogP contribution in [0.25, 0.3) is 0 Å². The largest absolute Gasteiger partial charge is 0.384 e. The number of aromatic nitrogens is 2. The van der Waals surface area contributed by atoms with E-state index in [2.05, 4.69) is 15.3 Å². The number of hydrogen-bond acceptors (Lipinski definition) is 4. The molecule has 0 aliphatic heterocycles. The van der Waals surface area contributed by atoms with Crippen molar-refractivity contribution in [3.8, 4) is 0 Å². The van der Waals surface area contributed by atoms with Gasteiger partial charge in [0.05, 0.1) is 6.04 Å². The minimum Gasteiger partial charge on any atom is -0.384 e. The molecule has 1 unspecified atom stereocenters. The van der Waals surface area contributed by atoms with Gasteiger partial charge in [-0.25, -0.2) is 9.37 Å². The standard InChI is InChI=1S/C12H13FN4/c1-8(9-4-2-3-5-10(9)13)16-12-15-7-6-11(14)17-12/h2-8H,1H3,(H3,14,15,16,17). The quantitative estimate of drug-likeness (QED) is 0.852. The van der Waals surface area contributed by atoms with Crippen LogP contribution in [-0.4, -0.2) is 9.97 Å². The maximum Gasteiger partial charge on any atom is 0.225 e. The molecular weight excluding hydrogens is 219 g/mol. The minimum absolute atomic E-state index is 0.224. The molecule has 0 saturated carbocycles. The fourth-order valence-corrected chi connectivity index (χ4v) is 1.54. The lowest BCUT2D eigenvalue weighted by molar-refractivity contribution is 0.599. The summed E-state index contributed by atoms with van der Waals surface area (Å²) in [5.74, 6) is 0.514. The number of rotatable bonds is 3. The third-order valence-electron chi connectivity index (χ3n) is 2.39. The Hall–Kier alpha value is -2.17. The van der Waals surface area contributed by atoms with E-state index in [9.17, 15) is 4.39 Å². The van der Waals surface area contributed by atoms with E-state index in [0.717, 1.165) is 0 Å². The molecule has 0 bridgehead atoms. The molecule has 0 saturated heterocycles. The van der Waals surface area contributed by atoms with E-state index in [1.807, 2.05) is 6.92 Å². The lowest BCUT2D eigenvalue weighted by atomic mass is 10.1. The number of nitrogen functional groups attached to an aromatic ring is 1. The molecule has 17 heavy (non-hydrogen) atoms. The summed E-state index contributed by atoms with van der Waals surface area (Å²) in [7, 11) is 0. The number of nitrogens with one attached hydrogen (secondary N) is 1. The Labute approximate surface area is 98.7 Å². The maximum atomic E-state index is 13.5. The molecule has 0 radical (unpaired) electrons. The normalized spacial score (nSPS) is 12.1. The average molecular weight is 232 g/mol. The molecule has 0 spiro atoms. The van der Waals surface area contributed by atoms with E-state index in [0.29, 0.717) is 17.3 Å². The predicted molar refractivity (Wildman–Crippen MR) is 64.9 cm³/mol. The first-order chi connectivity index (χ1) is 8.16. The zero-order chi connectivity index (χ0) is 12.3. The molecule has 3 N–H and O–H groups in total. The number of hydrogen-bond donors (Lipinski definition) is 2. The van der Waals surface area contributed by atoms with Gasteiger partial charge >= 0.3 is 0 Å². The van der Waals surface area contributed by atoms with Gasteiger partial charge in [-0.2, -0.15) is 4.98 Å². The van der Waals surface area contributed by atoms with Gasteiger partial charge in [-0.3, -0.25) is 0 Å². The highest BCUT2D eigenvalue weighted by atomic mass is 19.1. The number of halogens is 1. The van der Waals surface area contributed by atoms with Crippen LogP contribution in [-0.2, 0) is 0 Å². The third kappa shape index (κ3) is 2.69. The van der Waals surface area contributed by atoms with Gasteiger partial charge in [0.25, 0.3) is 0 Å². The van der Waals surface area contributed by atoms with Crippen LogP contribution in [0, 0.1) is 5.82 Å². The van der Waals surface area contributed by atoms with Crippen molar-refractivity contribution >= 4 is 11.8 Å². The molecule has 1 aromatic heterocycles. The van der Waals surface area contributed by atoms with E-state index in [1.54, 1.807) is 30.5 Å². The van der Waals surface area contributed by atoms with E-state index in [1.165, 1.54) is 6.07 Å². The number of benzene rings is 1. The van der Waals surface area contributed by atoms with Crippen LogP contribution in [0.1, 0.15) is 18.5 Å². The molecule has 1 aromatic carbocycles. The molecule has 1 atom stereocenters. The Morgan fingerprint density at radius 1 is 1.29 bits per heavy atom. The fourth-order valence-electron chi connectivity index (χ4n) is 1.54. The summed E-state index contributed by atoms with van der Waals surface area (Å²) in [4.78, 5) is 8.01. The summed E-state index contributed by atoms with van der Waals surface area (Å²) in [6.07, 6.45) is 1.55. The highest BCUT2D eigenvalue weighted by Gasteiger charge is 2.10. The second-order valence-corrected chi connectivity index (χ2v) is 3.69. The Kier molecular flexibility index (Phi) is 3.18. The van der Waals surface area contributed by atoms with Crippen LogP contribution in [0.15, 0.2) is 36.5 Å². The number of anilines is 2. The van der Waals surface area contributed by atoms with Crippen molar-refractivity contribution in [1.29, 1.82) is 0 Å². The molecule has 88 valence electrons. The SMILES string of the molecule is CC(Nc1nccc(N)n1)c1ccccc1F. The van der Waals surface area contributed by atoms with Crippen LogP contribution >= 0.6 is 0 Å². The lowest BCUT2D eigenvalue weighted by Gasteiger charge is -2.14. The second-order valence-electron chi connectivity index (χ2n) is 3.69. The first-order valence-electron chi connectivity index (χ1n) is 5.26. The number of nitrogens with two attached hydrogens (primary N) is 1. The summed E-state index contributed by atoms with van der Waals surface area (Å²) < 4.78 is 13.5. The molecular formula is C12H13FN4. The van der Waals surface area contributed by atoms with Gasteiger partial charge in [0.1, 0.15) is 11.6 Å². The minimum atomic E-state index is -0.253. The van der Waals surface area contributed by atoms with Crippen molar-refractivity contribution in [2.45, 2.75) is 13.0 Å². The Morgan fingerprint density at radius 2 is 2.06 bits per heavy atom. The monoisotopic (exact) mass is 232 g/mol. The Bertz CT molecular complexity index is 515. The maximum absolute atomic E-state index is 13.5. The second kappa shape index (κ2) is 4.78. The van der Waals surface area contributed by atoms with Gasteiger partial charge in [-0.05, 0) is 19.1 Å². The highest BCUT2D eigenvalue weighted by molar-refractivity contribution is 5.37. The fraction of sp³-hybridized carbons (Fsp3) is 0.167. The van der Waals surface area contributed by atoms with E-state index in [-0.39, 0.29) is 11.9 Å². The van der Waals surface area contributed by atoms with Crippen molar-refractivity contribution in [1.82, 2.24) is 9.97 Å². The Balaban J connectivity index is 2.17. The van der Waals surface area contributed by atoms with Crippen molar-refractivity contribution in [3.05, 3.63) is 47.9 Å². The highest BCUT2D eigenvalue weighted by Crippen LogP contribution is 2.19. The summed E-state index contributed by atoms with van der Waals surface area (Å²) in [5, 5.41) is 3.00. The van der Waals surface area contributed by atoms with Gasteiger partial charge in [0.2, 0.25) is 5.95 Å². The van der Waals surface area contributed by atoms with E-state index in [4.69, 9.17) is 5.73 Å². The molecule has 5 heteroatoms. The molecule has 2 aromatic rings. The first kappa shape index (κ1) is 11.3. The van der Waals surface area contributed by atoms with Crippen molar-refractivity contribution in [2.24, 2.45) is 0 Å². The first-order valence-corrected chi connectivity index (χ1v) is 5.26. The summed E-state index contributed by atoms with van der Waals surface area (Å²) in [6.45, 7) is 1.84. The molecule has 0 fully saturated rings. The molecule has 0 aliphatic rings. The zero-order valence-corrected chi connectivity index (χ0v) is 9.39. The van der Waals surface area contributed by atoms with Gasteiger partial charge in [0.15, 0.2) is 0 Å². The topological polar surface area (TPSA) is 63.8 Å². The lowest BCUT2D eigenvalue weighted by Crippen LogP contribution is -2.11. The van der Waals surface area contributed by atoms with E-state index >= 15 is 0 Å². The summed E-state index contributed by atoms with van der Waals surface area (Å²) in [6, 6.07) is 7.96. The Morgan fingerprint density at radius 3 is 2.76 bits per heavy atom. The van der Waals surface area contributed by atoms with Crippen molar-refractivity contribution < 1.29 is 4.39 Å². The molecule has 0 amide bonds. The third-order valence-corrected chi connectivity index (χ3v) is 2.39. The zero-order valence-electron chi connectivity index (χ0n) is 9.39. The van der Waals surface area contributed by atoms with E-state index < -0.39 is 0 Å². The molecule has 4 nitrogen and oxygen atoms in total. The van der Waals surface area contributed by atoms with Crippen molar-refractivity contribution in [2.75, 3.05) is 11.1 Å². The molecule has 1 heterocycles. The average Bonchev–Trinajstić information content (AvgIpc) is 2.29. The van der Waals surface area contributed by atoms with Crippen LogP contribution in [0.4, 0.5) is 16.2 Å². The van der Waals surface area contributed by atoms with Gasteiger partial charge in [0, 0.05) is 11.8 Å². The van der Waals surface area contributed by atoms with Gasteiger partial charge < -0.3 is 11.1 Å².